The highest BCUT2D eigenvalue weighted by Gasteiger charge is 2.09. The summed E-state index contributed by atoms with van der Waals surface area (Å²) in [6, 6.07) is 6.95. The van der Waals surface area contributed by atoms with E-state index >= 15 is 0 Å². The van der Waals surface area contributed by atoms with Crippen molar-refractivity contribution in [2.75, 3.05) is 0 Å². The van der Waals surface area contributed by atoms with E-state index in [9.17, 15) is 5.11 Å². The maximum Gasteiger partial charge on any atom is 0.187 e. The predicted octanol–water partition coefficient (Wildman–Crippen LogP) is 1.99. The van der Waals surface area contributed by atoms with Crippen molar-refractivity contribution >= 4 is 23.5 Å². The molecule has 0 radical (unpaired) electrons. The van der Waals surface area contributed by atoms with Gasteiger partial charge in [0.2, 0.25) is 0 Å². The van der Waals surface area contributed by atoms with Crippen LogP contribution in [0.3, 0.4) is 0 Å². The number of phenols is 1. The summed E-state index contributed by atoms with van der Waals surface area (Å²) in [4.78, 5) is 0. The van der Waals surface area contributed by atoms with Crippen LogP contribution in [0.4, 0.5) is 0 Å². The fraction of sp³-hybridized carbons (Fsp3) is 0.333. The first-order valence-electron chi connectivity index (χ1n) is 5.28. The zero-order valence-corrected chi connectivity index (χ0v) is 11.0. The molecule has 3 N–H and O–H groups in total. The van der Waals surface area contributed by atoms with Gasteiger partial charge in [-0.3, -0.25) is 5.43 Å². The number of phenolic OH excluding ortho intramolecular Hbond substituents is 1. The van der Waals surface area contributed by atoms with Gasteiger partial charge in [-0.05, 0) is 45.1 Å². The number of hydrogen-bond donors (Lipinski definition) is 3. The Labute approximate surface area is 107 Å². The van der Waals surface area contributed by atoms with Crippen LogP contribution in [0.1, 0.15) is 26.3 Å². The number of rotatable bonds is 2. The maximum absolute atomic E-state index is 9.49. The fourth-order valence-electron chi connectivity index (χ4n) is 1.13. The van der Waals surface area contributed by atoms with Gasteiger partial charge in [0.25, 0.3) is 0 Å². The molecule has 0 amide bonds. The van der Waals surface area contributed by atoms with Crippen LogP contribution < -0.4 is 10.7 Å². The average molecular weight is 251 g/mol. The second kappa shape index (κ2) is 5.63. The van der Waals surface area contributed by atoms with E-state index in [1.54, 1.807) is 18.2 Å². The first-order valence-corrected chi connectivity index (χ1v) is 5.68. The number of para-hydroxylation sites is 1. The van der Waals surface area contributed by atoms with Crippen molar-refractivity contribution < 1.29 is 5.11 Å². The molecule has 1 rings (SSSR count). The van der Waals surface area contributed by atoms with Crippen molar-refractivity contribution in [2.24, 2.45) is 5.10 Å². The van der Waals surface area contributed by atoms with Gasteiger partial charge in [-0.25, -0.2) is 0 Å². The largest absolute Gasteiger partial charge is 0.507 e. The molecule has 0 saturated heterocycles. The Bertz CT molecular complexity index is 424. The fourth-order valence-corrected chi connectivity index (χ4v) is 1.48. The lowest BCUT2D eigenvalue weighted by Gasteiger charge is -2.21. The summed E-state index contributed by atoms with van der Waals surface area (Å²) in [6.45, 7) is 6.02. The van der Waals surface area contributed by atoms with Crippen molar-refractivity contribution in [3.8, 4) is 5.75 Å². The SMILES string of the molecule is CC(C)(C)NC(=S)N/N=C/c1ccccc1O. The molecule has 1 aromatic carbocycles. The summed E-state index contributed by atoms with van der Waals surface area (Å²) in [6.07, 6.45) is 1.52. The second-order valence-electron chi connectivity index (χ2n) is 4.63. The highest BCUT2D eigenvalue weighted by atomic mass is 32.1. The van der Waals surface area contributed by atoms with E-state index in [1.807, 2.05) is 26.8 Å². The summed E-state index contributed by atoms with van der Waals surface area (Å²) < 4.78 is 0. The normalized spacial score (nSPS) is 11.5. The van der Waals surface area contributed by atoms with Gasteiger partial charge in [0, 0.05) is 11.1 Å². The molecule has 0 aliphatic rings. The van der Waals surface area contributed by atoms with Gasteiger partial charge in [0.15, 0.2) is 5.11 Å². The van der Waals surface area contributed by atoms with Crippen LogP contribution in [0.25, 0.3) is 0 Å². The molecule has 0 aliphatic carbocycles. The lowest BCUT2D eigenvalue weighted by Crippen LogP contribution is -2.44. The summed E-state index contributed by atoms with van der Waals surface area (Å²) in [5.74, 6) is 0.188. The van der Waals surface area contributed by atoms with Crippen LogP contribution >= 0.6 is 12.2 Å². The predicted molar refractivity (Wildman–Crippen MR) is 74.3 cm³/mol. The zero-order valence-electron chi connectivity index (χ0n) is 10.2. The first-order chi connectivity index (χ1) is 7.88. The molecule has 0 fully saturated rings. The van der Waals surface area contributed by atoms with Crippen LogP contribution in [0, 0.1) is 0 Å². The number of hydrogen-bond acceptors (Lipinski definition) is 3. The quantitative estimate of drug-likeness (QED) is 0.427. The second-order valence-corrected chi connectivity index (χ2v) is 5.04. The monoisotopic (exact) mass is 251 g/mol. The van der Waals surface area contributed by atoms with E-state index in [0.29, 0.717) is 10.7 Å². The average Bonchev–Trinajstić information content (AvgIpc) is 2.18. The molecule has 1 aromatic rings. The molecule has 0 bridgehead atoms. The lowest BCUT2D eigenvalue weighted by atomic mass is 10.1. The van der Waals surface area contributed by atoms with E-state index in [-0.39, 0.29) is 11.3 Å². The zero-order chi connectivity index (χ0) is 12.9. The molecule has 0 aromatic heterocycles. The van der Waals surface area contributed by atoms with Crippen LogP contribution in [0.5, 0.6) is 5.75 Å². The van der Waals surface area contributed by atoms with Gasteiger partial charge in [0.05, 0.1) is 6.21 Å². The number of aromatic hydroxyl groups is 1. The summed E-state index contributed by atoms with van der Waals surface area (Å²) >= 11 is 5.05. The molecular weight excluding hydrogens is 234 g/mol. The van der Waals surface area contributed by atoms with Gasteiger partial charge in [-0.15, -0.1) is 0 Å². The minimum absolute atomic E-state index is 0.103. The van der Waals surface area contributed by atoms with E-state index < -0.39 is 0 Å². The Kier molecular flexibility index (Phi) is 4.45. The first kappa shape index (κ1) is 13.4. The number of hydrazone groups is 1. The van der Waals surface area contributed by atoms with Crippen molar-refractivity contribution in [3.05, 3.63) is 29.8 Å². The number of thiocarbonyl (C=S) groups is 1. The van der Waals surface area contributed by atoms with Crippen molar-refractivity contribution in [3.63, 3.8) is 0 Å². The summed E-state index contributed by atoms with van der Waals surface area (Å²) in [5.41, 5.74) is 3.23. The highest BCUT2D eigenvalue weighted by Crippen LogP contribution is 2.12. The number of nitrogens with zero attached hydrogens (tertiary/aromatic N) is 1. The van der Waals surface area contributed by atoms with Crippen LogP contribution in [0.15, 0.2) is 29.4 Å². The van der Waals surface area contributed by atoms with E-state index in [0.717, 1.165) is 0 Å². The smallest absolute Gasteiger partial charge is 0.187 e. The molecular formula is C12H17N3OS. The molecule has 4 nitrogen and oxygen atoms in total. The minimum atomic E-state index is -0.103. The molecule has 0 heterocycles. The third-order valence-corrected chi connectivity index (χ3v) is 1.99. The lowest BCUT2D eigenvalue weighted by molar-refractivity contribution is 0.474. The molecule has 92 valence electrons. The Balaban J connectivity index is 2.51. The van der Waals surface area contributed by atoms with Gasteiger partial charge >= 0.3 is 0 Å². The molecule has 0 aliphatic heterocycles. The van der Waals surface area contributed by atoms with Gasteiger partial charge in [-0.1, -0.05) is 12.1 Å². The minimum Gasteiger partial charge on any atom is -0.507 e. The molecule has 0 saturated carbocycles. The molecule has 0 unspecified atom stereocenters. The molecule has 0 spiro atoms. The van der Waals surface area contributed by atoms with E-state index in [2.05, 4.69) is 15.8 Å². The summed E-state index contributed by atoms with van der Waals surface area (Å²) in [7, 11) is 0. The topological polar surface area (TPSA) is 56.7 Å². The Morgan fingerprint density at radius 1 is 1.35 bits per heavy atom. The van der Waals surface area contributed by atoms with Crippen LogP contribution in [-0.2, 0) is 0 Å². The van der Waals surface area contributed by atoms with Crippen molar-refractivity contribution in [1.29, 1.82) is 0 Å². The van der Waals surface area contributed by atoms with Gasteiger partial charge in [-0.2, -0.15) is 5.10 Å². The number of nitrogens with one attached hydrogen (secondary N) is 2. The standard InChI is InChI=1S/C12H17N3OS/c1-12(2,3)14-11(17)15-13-8-9-6-4-5-7-10(9)16/h4-8,16H,1-3H3,(H2,14,15,17)/b13-8+. The van der Waals surface area contributed by atoms with Crippen molar-refractivity contribution in [2.45, 2.75) is 26.3 Å². The maximum atomic E-state index is 9.49. The third kappa shape index (κ3) is 5.31. The van der Waals surface area contributed by atoms with E-state index in [1.165, 1.54) is 6.21 Å². The Morgan fingerprint density at radius 2 is 2.00 bits per heavy atom. The summed E-state index contributed by atoms with van der Waals surface area (Å²) in [5, 5.41) is 17.0. The van der Waals surface area contributed by atoms with Gasteiger partial charge < -0.3 is 10.4 Å². The Hall–Kier alpha value is -1.62. The molecule has 0 atom stereocenters. The number of benzene rings is 1. The third-order valence-electron chi connectivity index (χ3n) is 1.80. The molecule has 5 heteroatoms. The van der Waals surface area contributed by atoms with E-state index in [4.69, 9.17) is 12.2 Å². The van der Waals surface area contributed by atoms with Crippen LogP contribution in [-0.4, -0.2) is 22.0 Å². The molecule has 17 heavy (non-hydrogen) atoms. The van der Waals surface area contributed by atoms with Crippen LogP contribution in [0.2, 0.25) is 0 Å². The Morgan fingerprint density at radius 3 is 2.59 bits per heavy atom. The van der Waals surface area contributed by atoms with Gasteiger partial charge in [0.1, 0.15) is 5.75 Å². The highest BCUT2D eigenvalue weighted by molar-refractivity contribution is 7.80. The van der Waals surface area contributed by atoms with Crippen molar-refractivity contribution in [1.82, 2.24) is 10.7 Å².